The van der Waals surface area contributed by atoms with Crippen LogP contribution in [0.2, 0.25) is 0 Å². The normalized spacial score (nSPS) is 13.3. The molecule has 0 aliphatic rings. The van der Waals surface area contributed by atoms with Gasteiger partial charge in [-0.2, -0.15) is 0 Å². The molecular formula is C12H15BrN2. The van der Waals surface area contributed by atoms with Crippen LogP contribution >= 0.6 is 15.9 Å². The Kier molecular flexibility index (Phi) is 2.83. The summed E-state index contributed by atoms with van der Waals surface area (Å²) in [5.74, 6) is 0.531. The van der Waals surface area contributed by atoms with Gasteiger partial charge in [0, 0.05) is 16.9 Å². The van der Waals surface area contributed by atoms with Gasteiger partial charge in [0.25, 0.3) is 0 Å². The molecule has 1 unspecified atom stereocenters. The van der Waals surface area contributed by atoms with Crippen LogP contribution < -0.4 is 0 Å². The fraction of sp³-hybridized carbons (Fsp3) is 0.417. The van der Waals surface area contributed by atoms with Gasteiger partial charge < -0.3 is 4.40 Å². The van der Waals surface area contributed by atoms with E-state index in [0.29, 0.717) is 5.92 Å². The second-order valence-corrected chi connectivity index (χ2v) is 4.90. The lowest BCUT2D eigenvalue weighted by molar-refractivity contribution is 0.714. The van der Waals surface area contributed by atoms with E-state index in [1.807, 2.05) is 0 Å². The molecule has 0 aromatic carbocycles. The van der Waals surface area contributed by atoms with Crippen LogP contribution in [-0.2, 0) is 0 Å². The van der Waals surface area contributed by atoms with E-state index in [0.717, 1.165) is 16.5 Å². The Morgan fingerprint density at radius 1 is 1.47 bits per heavy atom. The molecule has 2 aromatic rings. The van der Waals surface area contributed by atoms with Crippen LogP contribution in [0.1, 0.15) is 37.4 Å². The molecule has 2 aromatic heterocycles. The first kappa shape index (κ1) is 10.7. The smallest absolute Gasteiger partial charge is 0.137 e. The first-order chi connectivity index (χ1) is 7.11. The summed E-state index contributed by atoms with van der Waals surface area (Å²) < 4.78 is 3.21. The third-order valence-corrected chi connectivity index (χ3v) is 3.70. The summed E-state index contributed by atoms with van der Waals surface area (Å²) in [6.07, 6.45) is 5.32. The second-order valence-electron chi connectivity index (χ2n) is 4.04. The Balaban J connectivity index is 2.56. The fourth-order valence-electron chi connectivity index (χ4n) is 1.57. The first-order valence-corrected chi connectivity index (χ1v) is 6.06. The SMILES string of the molecule is CCC(C)c1cn2cc(Br)c(C)cc2n1. The average molecular weight is 267 g/mol. The van der Waals surface area contributed by atoms with E-state index in [-0.39, 0.29) is 0 Å². The molecule has 1 atom stereocenters. The van der Waals surface area contributed by atoms with Crippen molar-refractivity contribution in [2.75, 3.05) is 0 Å². The van der Waals surface area contributed by atoms with Crippen LogP contribution in [0.3, 0.4) is 0 Å². The molecule has 15 heavy (non-hydrogen) atoms. The van der Waals surface area contributed by atoms with Gasteiger partial charge in [-0.1, -0.05) is 13.8 Å². The molecule has 0 bridgehead atoms. The molecule has 0 amide bonds. The van der Waals surface area contributed by atoms with Gasteiger partial charge in [0.05, 0.1) is 5.69 Å². The van der Waals surface area contributed by atoms with Crippen LogP contribution in [0.25, 0.3) is 5.65 Å². The number of fused-ring (bicyclic) bond motifs is 1. The molecular weight excluding hydrogens is 252 g/mol. The second kappa shape index (κ2) is 3.97. The Labute approximate surface area is 98.5 Å². The number of aryl methyl sites for hydroxylation is 1. The van der Waals surface area contributed by atoms with E-state index in [2.05, 4.69) is 64.5 Å². The topological polar surface area (TPSA) is 17.3 Å². The van der Waals surface area contributed by atoms with Gasteiger partial charge in [0.1, 0.15) is 5.65 Å². The van der Waals surface area contributed by atoms with Crippen LogP contribution in [0.4, 0.5) is 0 Å². The standard InChI is InChI=1S/C12H15BrN2/c1-4-8(2)11-7-15-6-10(13)9(3)5-12(15)14-11/h5-8H,4H2,1-3H3. The zero-order chi connectivity index (χ0) is 11.0. The number of pyridine rings is 1. The molecule has 2 heterocycles. The van der Waals surface area contributed by atoms with Crippen LogP contribution in [0.5, 0.6) is 0 Å². The minimum atomic E-state index is 0.531. The predicted molar refractivity (Wildman–Crippen MR) is 66.3 cm³/mol. The third kappa shape index (κ3) is 1.93. The summed E-state index contributed by atoms with van der Waals surface area (Å²) in [5, 5.41) is 0. The first-order valence-electron chi connectivity index (χ1n) is 5.26. The predicted octanol–water partition coefficient (Wildman–Crippen LogP) is 3.92. The Morgan fingerprint density at radius 3 is 2.87 bits per heavy atom. The number of hydrogen-bond donors (Lipinski definition) is 0. The summed E-state index contributed by atoms with van der Waals surface area (Å²) >= 11 is 3.53. The largest absolute Gasteiger partial charge is 0.306 e. The highest BCUT2D eigenvalue weighted by Crippen LogP contribution is 2.22. The summed E-state index contributed by atoms with van der Waals surface area (Å²) in [7, 11) is 0. The summed E-state index contributed by atoms with van der Waals surface area (Å²) in [6.45, 7) is 6.49. The molecule has 3 heteroatoms. The molecule has 0 aliphatic heterocycles. The maximum atomic E-state index is 4.63. The third-order valence-electron chi connectivity index (χ3n) is 2.87. The molecule has 80 valence electrons. The molecule has 2 rings (SSSR count). The van der Waals surface area contributed by atoms with Crippen molar-refractivity contribution in [1.29, 1.82) is 0 Å². The van der Waals surface area contributed by atoms with Crippen molar-refractivity contribution in [2.45, 2.75) is 33.1 Å². The van der Waals surface area contributed by atoms with Gasteiger partial charge in [-0.25, -0.2) is 4.98 Å². The summed E-state index contributed by atoms with van der Waals surface area (Å²) in [5.41, 5.74) is 3.44. The Hall–Kier alpha value is -0.830. The minimum absolute atomic E-state index is 0.531. The average Bonchev–Trinajstić information content (AvgIpc) is 2.60. The van der Waals surface area contributed by atoms with E-state index >= 15 is 0 Å². The molecule has 0 saturated carbocycles. The fourth-order valence-corrected chi connectivity index (χ4v) is 1.91. The highest BCUT2D eigenvalue weighted by atomic mass is 79.9. The molecule has 0 spiro atoms. The van der Waals surface area contributed by atoms with E-state index in [4.69, 9.17) is 0 Å². The zero-order valence-electron chi connectivity index (χ0n) is 9.29. The summed E-state index contributed by atoms with van der Waals surface area (Å²) in [6, 6.07) is 2.11. The number of nitrogens with zero attached hydrogens (tertiary/aromatic N) is 2. The molecule has 0 aliphatic carbocycles. The van der Waals surface area contributed by atoms with Crippen molar-refractivity contribution in [2.24, 2.45) is 0 Å². The highest BCUT2D eigenvalue weighted by Gasteiger charge is 2.08. The Morgan fingerprint density at radius 2 is 2.20 bits per heavy atom. The maximum absolute atomic E-state index is 4.63. The lowest BCUT2D eigenvalue weighted by Gasteiger charge is -2.01. The number of rotatable bonds is 2. The highest BCUT2D eigenvalue weighted by molar-refractivity contribution is 9.10. The lowest BCUT2D eigenvalue weighted by Crippen LogP contribution is -1.89. The van der Waals surface area contributed by atoms with Crippen molar-refractivity contribution in [1.82, 2.24) is 9.38 Å². The van der Waals surface area contributed by atoms with E-state index in [9.17, 15) is 0 Å². The van der Waals surface area contributed by atoms with E-state index in [1.54, 1.807) is 0 Å². The molecule has 0 N–H and O–H groups in total. The molecule has 0 radical (unpaired) electrons. The quantitative estimate of drug-likeness (QED) is 0.806. The van der Waals surface area contributed by atoms with E-state index in [1.165, 1.54) is 11.3 Å². The van der Waals surface area contributed by atoms with Gasteiger partial charge in [0.15, 0.2) is 0 Å². The van der Waals surface area contributed by atoms with Gasteiger partial charge >= 0.3 is 0 Å². The van der Waals surface area contributed by atoms with Gasteiger partial charge in [-0.05, 0) is 46.8 Å². The Bertz CT molecular complexity index is 449. The minimum Gasteiger partial charge on any atom is -0.306 e. The van der Waals surface area contributed by atoms with Crippen molar-refractivity contribution in [3.05, 3.63) is 34.2 Å². The molecule has 2 nitrogen and oxygen atoms in total. The van der Waals surface area contributed by atoms with Crippen LogP contribution in [-0.4, -0.2) is 9.38 Å². The van der Waals surface area contributed by atoms with Gasteiger partial charge in [-0.15, -0.1) is 0 Å². The maximum Gasteiger partial charge on any atom is 0.137 e. The molecule has 0 saturated heterocycles. The summed E-state index contributed by atoms with van der Waals surface area (Å²) in [4.78, 5) is 4.63. The zero-order valence-corrected chi connectivity index (χ0v) is 10.9. The van der Waals surface area contributed by atoms with Crippen molar-refractivity contribution < 1.29 is 0 Å². The number of hydrogen-bond acceptors (Lipinski definition) is 1. The van der Waals surface area contributed by atoms with E-state index < -0.39 is 0 Å². The monoisotopic (exact) mass is 266 g/mol. The number of aromatic nitrogens is 2. The van der Waals surface area contributed by atoms with Crippen molar-refractivity contribution in [3.63, 3.8) is 0 Å². The number of halogens is 1. The van der Waals surface area contributed by atoms with Gasteiger partial charge in [-0.3, -0.25) is 0 Å². The molecule has 0 fully saturated rings. The van der Waals surface area contributed by atoms with Gasteiger partial charge in [0.2, 0.25) is 0 Å². The lowest BCUT2D eigenvalue weighted by atomic mass is 10.1. The van der Waals surface area contributed by atoms with Crippen molar-refractivity contribution in [3.8, 4) is 0 Å². The number of imidazole rings is 1. The van der Waals surface area contributed by atoms with Crippen LogP contribution in [0, 0.1) is 6.92 Å². The van der Waals surface area contributed by atoms with Crippen LogP contribution in [0.15, 0.2) is 22.9 Å². The van der Waals surface area contributed by atoms with Crippen molar-refractivity contribution >= 4 is 21.6 Å².